The summed E-state index contributed by atoms with van der Waals surface area (Å²) in [5.41, 5.74) is 0.129. The highest BCUT2D eigenvalue weighted by molar-refractivity contribution is 7.90. The first kappa shape index (κ1) is 15.4. The van der Waals surface area contributed by atoms with Crippen LogP contribution in [0.1, 0.15) is 26.7 Å². The molecule has 7 heteroatoms. The van der Waals surface area contributed by atoms with E-state index in [1.54, 1.807) is 0 Å². The topological polar surface area (TPSA) is 89.3 Å². The van der Waals surface area contributed by atoms with E-state index in [4.69, 9.17) is 0 Å². The Hall–Kier alpha value is -1.63. The van der Waals surface area contributed by atoms with Crippen LogP contribution >= 0.6 is 0 Å². The van der Waals surface area contributed by atoms with Crippen LogP contribution in [0.4, 0.5) is 11.4 Å². The molecule has 0 heterocycles. The molecule has 0 amide bonds. The fourth-order valence-electron chi connectivity index (χ4n) is 1.79. The van der Waals surface area contributed by atoms with E-state index in [-0.39, 0.29) is 16.6 Å². The molecule has 0 radical (unpaired) electrons. The standard InChI is InChI=1S/C12H18N2O4S/c1-4-5-9(2)13-11-7-6-10(19(3,17)18)8-12(11)14(15)16/h6-9,13H,4-5H2,1-3H3. The van der Waals surface area contributed by atoms with Crippen LogP contribution in [0, 0.1) is 10.1 Å². The summed E-state index contributed by atoms with van der Waals surface area (Å²) in [6, 6.07) is 4.01. The minimum Gasteiger partial charge on any atom is -0.377 e. The minimum absolute atomic E-state index is 0.0482. The molecule has 6 nitrogen and oxygen atoms in total. The zero-order valence-electron chi connectivity index (χ0n) is 11.2. The molecule has 1 rings (SSSR count). The van der Waals surface area contributed by atoms with Crippen molar-refractivity contribution in [2.24, 2.45) is 0 Å². The molecule has 0 aromatic heterocycles. The van der Waals surface area contributed by atoms with Crippen LogP contribution in [0.15, 0.2) is 23.1 Å². The monoisotopic (exact) mass is 286 g/mol. The Morgan fingerprint density at radius 1 is 1.42 bits per heavy atom. The van der Waals surface area contributed by atoms with Gasteiger partial charge in [-0.2, -0.15) is 0 Å². The van der Waals surface area contributed by atoms with Gasteiger partial charge in [0, 0.05) is 18.4 Å². The van der Waals surface area contributed by atoms with Crippen molar-refractivity contribution in [3.05, 3.63) is 28.3 Å². The van der Waals surface area contributed by atoms with Crippen molar-refractivity contribution in [2.45, 2.75) is 37.6 Å². The van der Waals surface area contributed by atoms with Crippen LogP contribution in [0.5, 0.6) is 0 Å². The van der Waals surface area contributed by atoms with E-state index < -0.39 is 14.8 Å². The van der Waals surface area contributed by atoms with Gasteiger partial charge in [0.25, 0.3) is 5.69 Å². The predicted octanol–water partition coefficient (Wildman–Crippen LogP) is 2.60. The number of hydrogen-bond donors (Lipinski definition) is 1. The molecule has 0 spiro atoms. The molecule has 1 aromatic rings. The van der Waals surface area contributed by atoms with Crippen LogP contribution in [0.25, 0.3) is 0 Å². The lowest BCUT2D eigenvalue weighted by Crippen LogP contribution is -2.15. The van der Waals surface area contributed by atoms with Gasteiger partial charge in [-0.3, -0.25) is 10.1 Å². The van der Waals surface area contributed by atoms with Gasteiger partial charge < -0.3 is 5.32 Å². The number of hydrogen-bond acceptors (Lipinski definition) is 5. The molecular formula is C12H18N2O4S. The quantitative estimate of drug-likeness (QED) is 0.641. The summed E-state index contributed by atoms with van der Waals surface area (Å²) in [7, 11) is -3.45. The van der Waals surface area contributed by atoms with Gasteiger partial charge in [0.2, 0.25) is 0 Å². The van der Waals surface area contributed by atoms with Crippen molar-refractivity contribution < 1.29 is 13.3 Å². The number of sulfone groups is 1. The summed E-state index contributed by atoms with van der Waals surface area (Å²) in [6.45, 7) is 3.96. The zero-order valence-corrected chi connectivity index (χ0v) is 12.0. The normalized spacial score (nSPS) is 13.0. The maximum Gasteiger partial charge on any atom is 0.293 e. The second-order valence-corrected chi connectivity index (χ2v) is 6.56. The molecule has 106 valence electrons. The van der Waals surface area contributed by atoms with Gasteiger partial charge >= 0.3 is 0 Å². The number of anilines is 1. The van der Waals surface area contributed by atoms with Crippen LogP contribution in [-0.2, 0) is 9.84 Å². The SMILES string of the molecule is CCCC(C)Nc1ccc(S(C)(=O)=O)cc1[N+](=O)[O-]. The molecule has 1 atom stereocenters. The smallest absolute Gasteiger partial charge is 0.293 e. The summed E-state index contributed by atoms with van der Waals surface area (Å²) in [5.74, 6) is 0. The lowest BCUT2D eigenvalue weighted by atomic mass is 10.1. The third-order valence-electron chi connectivity index (χ3n) is 2.72. The molecule has 1 unspecified atom stereocenters. The average molecular weight is 286 g/mol. The molecular weight excluding hydrogens is 268 g/mol. The Kier molecular flexibility index (Phi) is 4.88. The Morgan fingerprint density at radius 3 is 2.53 bits per heavy atom. The molecule has 19 heavy (non-hydrogen) atoms. The lowest BCUT2D eigenvalue weighted by molar-refractivity contribution is -0.384. The molecule has 0 saturated carbocycles. The molecule has 0 bridgehead atoms. The van der Waals surface area contributed by atoms with Gasteiger partial charge in [-0.15, -0.1) is 0 Å². The Bertz CT molecular complexity index is 569. The van der Waals surface area contributed by atoms with Crippen LogP contribution < -0.4 is 5.32 Å². The van der Waals surface area contributed by atoms with Gasteiger partial charge in [-0.05, 0) is 25.5 Å². The largest absolute Gasteiger partial charge is 0.377 e. The van der Waals surface area contributed by atoms with Gasteiger partial charge in [0.05, 0.1) is 9.82 Å². The van der Waals surface area contributed by atoms with E-state index in [2.05, 4.69) is 5.32 Å². The van der Waals surface area contributed by atoms with E-state index in [9.17, 15) is 18.5 Å². The first-order valence-corrected chi connectivity index (χ1v) is 7.90. The summed E-state index contributed by atoms with van der Waals surface area (Å²) < 4.78 is 22.8. The summed E-state index contributed by atoms with van der Waals surface area (Å²) >= 11 is 0. The number of nitrogens with zero attached hydrogens (tertiary/aromatic N) is 1. The molecule has 0 saturated heterocycles. The van der Waals surface area contributed by atoms with Gasteiger partial charge in [-0.1, -0.05) is 13.3 Å². The van der Waals surface area contributed by atoms with E-state index in [0.717, 1.165) is 25.2 Å². The van der Waals surface area contributed by atoms with E-state index >= 15 is 0 Å². The minimum atomic E-state index is -3.45. The summed E-state index contributed by atoms with van der Waals surface area (Å²) in [4.78, 5) is 10.4. The number of nitro groups is 1. The van der Waals surface area contributed by atoms with Crippen molar-refractivity contribution in [1.29, 1.82) is 0 Å². The number of benzene rings is 1. The van der Waals surface area contributed by atoms with E-state index in [1.165, 1.54) is 12.1 Å². The highest BCUT2D eigenvalue weighted by Gasteiger charge is 2.19. The van der Waals surface area contributed by atoms with E-state index in [1.807, 2.05) is 13.8 Å². The van der Waals surface area contributed by atoms with Crippen LogP contribution in [-0.4, -0.2) is 25.6 Å². The van der Waals surface area contributed by atoms with Crippen molar-refractivity contribution >= 4 is 21.2 Å². The lowest BCUT2D eigenvalue weighted by Gasteiger charge is -2.14. The molecule has 1 N–H and O–H groups in total. The van der Waals surface area contributed by atoms with Gasteiger partial charge in [0.15, 0.2) is 9.84 Å². The molecule has 0 fully saturated rings. The first-order valence-electron chi connectivity index (χ1n) is 6.00. The summed E-state index contributed by atoms with van der Waals surface area (Å²) in [5, 5.41) is 14.0. The fraction of sp³-hybridized carbons (Fsp3) is 0.500. The Balaban J connectivity index is 3.16. The third kappa shape index (κ3) is 4.20. The van der Waals surface area contributed by atoms with Crippen LogP contribution in [0.3, 0.4) is 0 Å². The second kappa shape index (κ2) is 6.01. The Labute approximate surface area is 112 Å². The van der Waals surface area contributed by atoms with Gasteiger partial charge in [0.1, 0.15) is 5.69 Å². The van der Waals surface area contributed by atoms with Crippen molar-refractivity contribution in [3.63, 3.8) is 0 Å². The fourth-order valence-corrected chi connectivity index (χ4v) is 2.43. The molecule has 0 aliphatic rings. The first-order chi connectivity index (χ1) is 8.75. The maximum atomic E-state index is 11.4. The summed E-state index contributed by atoms with van der Waals surface area (Å²) in [6.07, 6.45) is 2.87. The predicted molar refractivity (Wildman–Crippen MR) is 74.2 cm³/mol. The molecule has 0 aliphatic heterocycles. The number of nitro benzene ring substituents is 1. The van der Waals surface area contributed by atoms with Gasteiger partial charge in [-0.25, -0.2) is 8.42 Å². The van der Waals surface area contributed by atoms with Crippen molar-refractivity contribution in [3.8, 4) is 0 Å². The van der Waals surface area contributed by atoms with Crippen molar-refractivity contribution in [2.75, 3.05) is 11.6 Å². The Morgan fingerprint density at radius 2 is 2.05 bits per heavy atom. The van der Waals surface area contributed by atoms with Crippen LogP contribution in [0.2, 0.25) is 0 Å². The third-order valence-corrected chi connectivity index (χ3v) is 3.83. The number of rotatable bonds is 6. The zero-order chi connectivity index (χ0) is 14.6. The molecule has 0 aliphatic carbocycles. The highest BCUT2D eigenvalue weighted by atomic mass is 32.2. The number of nitrogens with one attached hydrogen (secondary N) is 1. The van der Waals surface area contributed by atoms with E-state index in [0.29, 0.717) is 5.69 Å². The highest BCUT2D eigenvalue weighted by Crippen LogP contribution is 2.28. The maximum absolute atomic E-state index is 11.4. The van der Waals surface area contributed by atoms with Crippen molar-refractivity contribution in [1.82, 2.24) is 0 Å². The second-order valence-electron chi connectivity index (χ2n) is 4.54. The average Bonchev–Trinajstić information content (AvgIpc) is 2.27. The molecule has 1 aromatic carbocycles.